The third kappa shape index (κ3) is 9.38. The van der Waals surface area contributed by atoms with Crippen molar-refractivity contribution >= 4 is 50.7 Å². The van der Waals surface area contributed by atoms with Crippen LogP contribution < -0.4 is 14.4 Å². The second kappa shape index (κ2) is 15.1. The van der Waals surface area contributed by atoms with Gasteiger partial charge in [-0.05, 0) is 55.3 Å². The minimum Gasteiger partial charge on any atom is -0.489 e. The van der Waals surface area contributed by atoms with Crippen LogP contribution in [0, 0.1) is 0 Å². The lowest BCUT2D eigenvalue weighted by Gasteiger charge is -2.32. The van der Waals surface area contributed by atoms with E-state index in [1.165, 1.54) is 4.90 Å². The fourth-order valence-corrected chi connectivity index (χ4v) is 5.40. The van der Waals surface area contributed by atoms with E-state index in [0.717, 1.165) is 29.0 Å². The Morgan fingerprint density at radius 2 is 1.59 bits per heavy atom. The van der Waals surface area contributed by atoms with Gasteiger partial charge in [0.05, 0.1) is 11.9 Å². The highest BCUT2D eigenvalue weighted by atomic mass is 35.5. The summed E-state index contributed by atoms with van der Waals surface area (Å²) in [7, 11) is -3.88. The molecule has 0 saturated heterocycles. The molecule has 0 aliphatic heterocycles. The van der Waals surface area contributed by atoms with Gasteiger partial charge in [-0.25, -0.2) is 8.42 Å². The van der Waals surface area contributed by atoms with Crippen molar-refractivity contribution in [1.29, 1.82) is 0 Å². The Morgan fingerprint density at radius 1 is 0.951 bits per heavy atom. The van der Waals surface area contributed by atoms with Crippen LogP contribution in [0.1, 0.15) is 37.8 Å². The molecular weight excluding hydrogens is 585 g/mol. The Hall–Kier alpha value is -3.27. The monoisotopic (exact) mass is 619 g/mol. The topological polar surface area (TPSA) is 96.0 Å². The van der Waals surface area contributed by atoms with Gasteiger partial charge in [0.15, 0.2) is 0 Å². The number of benzene rings is 3. The number of nitrogens with zero attached hydrogens (tertiary/aromatic N) is 2. The van der Waals surface area contributed by atoms with Crippen LogP contribution in [0.4, 0.5) is 5.69 Å². The highest BCUT2D eigenvalue weighted by Crippen LogP contribution is 2.27. The highest BCUT2D eigenvalue weighted by Gasteiger charge is 2.31. The predicted molar refractivity (Wildman–Crippen MR) is 164 cm³/mol. The van der Waals surface area contributed by atoms with Gasteiger partial charge in [0.1, 0.15) is 24.9 Å². The first-order chi connectivity index (χ1) is 19.5. The summed E-state index contributed by atoms with van der Waals surface area (Å²) in [5, 5.41) is 3.50. The molecule has 220 valence electrons. The second-order valence-electron chi connectivity index (χ2n) is 9.58. The maximum absolute atomic E-state index is 13.7. The van der Waals surface area contributed by atoms with E-state index in [2.05, 4.69) is 5.32 Å². The minimum atomic E-state index is -3.88. The first kappa shape index (κ1) is 32.2. The number of carbonyl (C=O) groups excluding carboxylic acids is 2. The van der Waals surface area contributed by atoms with Gasteiger partial charge in [-0.1, -0.05) is 72.9 Å². The fourth-order valence-electron chi connectivity index (χ4n) is 4.04. The van der Waals surface area contributed by atoms with Gasteiger partial charge in [0, 0.05) is 28.7 Å². The van der Waals surface area contributed by atoms with Crippen molar-refractivity contribution in [3.63, 3.8) is 0 Å². The molecule has 0 aromatic heterocycles. The molecule has 3 aromatic rings. The average molecular weight is 621 g/mol. The van der Waals surface area contributed by atoms with Crippen LogP contribution >= 0.6 is 23.2 Å². The molecule has 0 aliphatic rings. The van der Waals surface area contributed by atoms with E-state index in [1.807, 2.05) is 37.3 Å². The minimum absolute atomic E-state index is 0.0798. The number of ether oxygens (including phenoxy) is 1. The van der Waals surface area contributed by atoms with Crippen LogP contribution in [0.25, 0.3) is 0 Å². The lowest BCUT2D eigenvalue weighted by atomic mass is 10.1. The zero-order valence-corrected chi connectivity index (χ0v) is 25.7. The molecular formula is C30H35Cl2N3O5S. The number of halogens is 2. The van der Waals surface area contributed by atoms with Crippen molar-refractivity contribution in [2.24, 2.45) is 0 Å². The molecule has 0 fully saturated rings. The largest absolute Gasteiger partial charge is 0.489 e. The Morgan fingerprint density at radius 3 is 2.17 bits per heavy atom. The van der Waals surface area contributed by atoms with Crippen molar-refractivity contribution in [1.82, 2.24) is 10.2 Å². The second-order valence-corrected chi connectivity index (χ2v) is 12.3. The summed E-state index contributed by atoms with van der Waals surface area (Å²) in [6.45, 7) is 3.80. The lowest BCUT2D eigenvalue weighted by Crippen LogP contribution is -2.51. The lowest BCUT2D eigenvalue weighted by molar-refractivity contribution is -0.139. The van der Waals surface area contributed by atoms with Crippen molar-refractivity contribution in [2.75, 3.05) is 23.7 Å². The number of hydrogen-bond acceptors (Lipinski definition) is 5. The van der Waals surface area contributed by atoms with Crippen LogP contribution in [0.3, 0.4) is 0 Å². The van der Waals surface area contributed by atoms with Crippen LogP contribution in [0.2, 0.25) is 10.0 Å². The summed E-state index contributed by atoms with van der Waals surface area (Å²) in [5.41, 5.74) is 1.73. The smallest absolute Gasteiger partial charge is 0.244 e. The number of amides is 2. The van der Waals surface area contributed by atoms with Gasteiger partial charge in [-0.15, -0.1) is 0 Å². The molecule has 1 N–H and O–H groups in total. The zero-order chi connectivity index (χ0) is 30.0. The van der Waals surface area contributed by atoms with Crippen LogP contribution in [0.5, 0.6) is 5.75 Å². The van der Waals surface area contributed by atoms with Crippen molar-refractivity contribution < 1.29 is 22.7 Å². The number of sulfonamides is 1. The van der Waals surface area contributed by atoms with Gasteiger partial charge < -0.3 is 15.0 Å². The summed E-state index contributed by atoms with van der Waals surface area (Å²) in [6, 6.07) is 20.1. The summed E-state index contributed by atoms with van der Waals surface area (Å²) in [5.74, 6) is -0.403. The van der Waals surface area contributed by atoms with Crippen molar-refractivity contribution in [3.05, 3.63) is 94.0 Å². The Kier molecular flexibility index (Phi) is 11.9. The molecule has 0 unspecified atom stereocenters. The average Bonchev–Trinajstić information content (AvgIpc) is 2.94. The molecule has 3 aromatic carbocycles. The van der Waals surface area contributed by atoms with E-state index in [4.69, 9.17) is 27.9 Å². The first-order valence-corrected chi connectivity index (χ1v) is 15.9. The molecule has 2 amide bonds. The first-order valence-electron chi connectivity index (χ1n) is 13.3. The third-order valence-electron chi connectivity index (χ3n) is 6.44. The van der Waals surface area contributed by atoms with E-state index in [9.17, 15) is 18.0 Å². The molecule has 0 heterocycles. The van der Waals surface area contributed by atoms with Gasteiger partial charge in [0.2, 0.25) is 21.8 Å². The molecule has 11 heteroatoms. The zero-order valence-electron chi connectivity index (χ0n) is 23.3. The summed E-state index contributed by atoms with van der Waals surface area (Å²) < 4.78 is 32.5. The van der Waals surface area contributed by atoms with Gasteiger partial charge in [-0.2, -0.15) is 0 Å². The molecule has 0 saturated carbocycles. The molecule has 3 rings (SSSR count). The SMILES string of the molecule is CCCCNC(=O)[C@H](C)N(Cc1c(Cl)cccc1Cl)C(=O)CN(c1ccc(OCc2ccccc2)cc1)S(C)(=O)=O. The number of unbranched alkanes of at least 4 members (excludes halogenated alkanes) is 1. The highest BCUT2D eigenvalue weighted by molar-refractivity contribution is 7.92. The van der Waals surface area contributed by atoms with Crippen molar-refractivity contribution in [3.8, 4) is 5.75 Å². The van der Waals surface area contributed by atoms with Gasteiger partial charge in [0.25, 0.3) is 0 Å². The standard InChI is InChI=1S/C30H35Cl2N3O5S/c1-4-5-18-33-30(37)22(2)34(19-26-27(31)12-9-13-28(26)32)29(36)20-35(41(3,38)39)24-14-16-25(17-15-24)40-21-23-10-7-6-8-11-23/h6-17,22H,4-5,18-21H2,1-3H3,(H,33,37)/t22-/m0/s1. The van der Waals surface area contributed by atoms with E-state index in [1.54, 1.807) is 49.4 Å². The molecule has 41 heavy (non-hydrogen) atoms. The predicted octanol–water partition coefficient (Wildman–Crippen LogP) is 5.67. The number of rotatable bonds is 14. The summed E-state index contributed by atoms with van der Waals surface area (Å²) >= 11 is 12.8. The number of nitrogens with one attached hydrogen (secondary N) is 1. The van der Waals surface area contributed by atoms with Crippen LogP contribution in [0.15, 0.2) is 72.8 Å². The fraction of sp³-hybridized carbons (Fsp3) is 0.333. The quantitative estimate of drug-likeness (QED) is 0.234. The molecule has 0 radical (unpaired) electrons. The maximum atomic E-state index is 13.7. The summed E-state index contributed by atoms with van der Waals surface area (Å²) in [6.07, 6.45) is 2.71. The van der Waals surface area contributed by atoms with Crippen LogP contribution in [-0.2, 0) is 32.8 Å². The Bertz CT molecular complexity index is 1400. The summed E-state index contributed by atoms with van der Waals surface area (Å²) in [4.78, 5) is 28.0. The third-order valence-corrected chi connectivity index (χ3v) is 8.29. The van der Waals surface area contributed by atoms with Gasteiger partial charge >= 0.3 is 0 Å². The van der Waals surface area contributed by atoms with E-state index < -0.39 is 28.5 Å². The molecule has 0 aliphatic carbocycles. The molecule has 0 bridgehead atoms. The Balaban J connectivity index is 1.84. The molecule has 1 atom stereocenters. The Labute approximate surface area is 252 Å². The van der Waals surface area contributed by atoms with Crippen LogP contribution in [-0.4, -0.2) is 50.5 Å². The molecule has 0 spiro atoms. The van der Waals surface area contributed by atoms with E-state index in [-0.39, 0.29) is 18.1 Å². The van der Waals surface area contributed by atoms with E-state index in [0.29, 0.717) is 34.5 Å². The number of hydrogen-bond donors (Lipinski definition) is 1. The number of anilines is 1. The normalized spacial score (nSPS) is 11.9. The van der Waals surface area contributed by atoms with E-state index >= 15 is 0 Å². The van der Waals surface area contributed by atoms with Crippen molar-refractivity contribution in [2.45, 2.75) is 45.9 Å². The maximum Gasteiger partial charge on any atom is 0.244 e. The molecule has 8 nitrogen and oxygen atoms in total. The van der Waals surface area contributed by atoms with Gasteiger partial charge in [-0.3, -0.25) is 13.9 Å². The number of carbonyl (C=O) groups is 2.